The van der Waals surface area contributed by atoms with Gasteiger partial charge in [0.1, 0.15) is 12.7 Å². The molecule has 0 bridgehead atoms. The van der Waals surface area contributed by atoms with Gasteiger partial charge in [0.2, 0.25) is 0 Å². The van der Waals surface area contributed by atoms with Crippen molar-refractivity contribution in [3.8, 4) is 0 Å². The van der Waals surface area contributed by atoms with E-state index in [1.54, 1.807) is 0 Å². The third kappa shape index (κ3) is 18.1. The predicted molar refractivity (Wildman–Crippen MR) is 109 cm³/mol. The minimum atomic E-state index is 0.375. The summed E-state index contributed by atoms with van der Waals surface area (Å²) in [6.45, 7) is 3.91. The molecule has 0 N–H and O–H groups in total. The van der Waals surface area contributed by atoms with E-state index in [0.717, 1.165) is 19.6 Å². The Morgan fingerprint density at radius 1 is 0.720 bits per heavy atom. The summed E-state index contributed by atoms with van der Waals surface area (Å²) >= 11 is 0. The number of hydrogen-bond donors (Lipinski definition) is 0. The monoisotopic (exact) mass is 352 g/mol. The van der Waals surface area contributed by atoms with Crippen LogP contribution in [0.3, 0.4) is 0 Å². The van der Waals surface area contributed by atoms with E-state index >= 15 is 0 Å². The summed E-state index contributed by atoms with van der Waals surface area (Å²) in [6, 6.07) is 0. The molecule has 25 heavy (non-hydrogen) atoms. The lowest BCUT2D eigenvalue weighted by Gasteiger charge is -2.03. The first kappa shape index (κ1) is 22.5. The second kappa shape index (κ2) is 18.3. The largest absolute Gasteiger partial charge is 0.499 e. The van der Waals surface area contributed by atoms with Crippen LogP contribution in [0.15, 0.2) is 12.3 Å². The van der Waals surface area contributed by atoms with Crippen molar-refractivity contribution in [3.05, 3.63) is 12.3 Å². The number of hydrogen-bond acceptors (Lipinski definition) is 2. The van der Waals surface area contributed by atoms with Crippen molar-refractivity contribution in [1.29, 1.82) is 0 Å². The average molecular weight is 353 g/mol. The summed E-state index contributed by atoms with van der Waals surface area (Å²) in [5.74, 6) is 0. The molecule has 2 nitrogen and oxygen atoms in total. The van der Waals surface area contributed by atoms with Crippen LogP contribution < -0.4 is 0 Å². The van der Waals surface area contributed by atoms with Crippen LogP contribution >= 0.6 is 0 Å². The van der Waals surface area contributed by atoms with Gasteiger partial charge in [0.05, 0.1) is 12.9 Å². The molecule has 1 heterocycles. The topological polar surface area (TPSA) is 21.8 Å². The van der Waals surface area contributed by atoms with Gasteiger partial charge in [0.15, 0.2) is 0 Å². The molecule has 1 rings (SSSR count). The smallest absolute Gasteiger partial charge is 0.116 e. The van der Waals surface area contributed by atoms with Crippen LogP contribution in [0.2, 0.25) is 0 Å². The molecule has 148 valence electrons. The van der Waals surface area contributed by atoms with E-state index in [0.29, 0.717) is 6.10 Å². The molecule has 0 aliphatic carbocycles. The third-order valence-corrected chi connectivity index (χ3v) is 5.10. The fraction of sp³-hybridized carbons (Fsp3) is 0.913. The normalized spacial score (nSPS) is 16.6. The van der Waals surface area contributed by atoms with Crippen LogP contribution in [-0.4, -0.2) is 19.3 Å². The van der Waals surface area contributed by atoms with E-state index in [9.17, 15) is 0 Å². The molecule has 0 saturated carbocycles. The number of rotatable bonds is 20. The van der Waals surface area contributed by atoms with Gasteiger partial charge in [-0.15, -0.1) is 0 Å². The Hall–Kier alpha value is -0.500. The van der Waals surface area contributed by atoms with Gasteiger partial charge in [0, 0.05) is 0 Å². The van der Waals surface area contributed by atoms with Crippen molar-refractivity contribution in [3.63, 3.8) is 0 Å². The van der Waals surface area contributed by atoms with Gasteiger partial charge in [-0.2, -0.15) is 0 Å². The summed E-state index contributed by atoms with van der Waals surface area (Å²) in [5, 5.41) is 0. The Morgan fingerprint density at radius 3 is 1.60 bits per heavy atom. The number of unbranched alkanes of at least 4 members (excludes halogenated alkanes) is 16. The molecule has 1 saturated heterocycles. The molecule has 0 aromatic carbocycles. The Bertz CT molecular complexity index is 284. The van der Waals surface area contributed by atoms with Crippen LogP contribution in [0.5, 0.6) is 0 Å². The first-order valence-electron chi connectivity index (χ1n) is 11.3. The first-order valence-corrected chi connectivity index (χ1v) is 11.3. The van der Waals surface area contributed by atoms with Crippen molar-refractivity contribution in [2.45, 2.75) is 122 Å². The van der Waals surface area contributed by atoms with E-state index in [2.05, 4.69) is 13.0 Å². The van der Waals surface area contributed by atoms with E-state index in [1.807, 2.05) is 6.26 Å². The quantitative estimate of drug-likeness (QED) is 0.128. The molecule has 1 fully saturated rings. The lowest BCUT2D eigenvalue weighted by Crippen LogP contribution is -1.94. The number of ether oxygens (including phenoxy) is 2. The van der Waals surface area contributed by atoms with Gasteiger partial charge in [0.25, 0.3) is 0 Å². The van der Waals surface area contributed by atoms with E-state index in [-0.39, 0.29) is 0 Å². The number of epoxide rings is 1. The summed E-state index contributed by atoms with van der Waals surface area (Å²) in [7, 11) is 0. The van der Waals surface area contributed by atoms with Crippen LogP contribution in [0.4, 0.5) is 0 Å². The van der Waals surface area contributed by atoms with E-state index in [4.69, 9.17) is 9.47 Å². The highest BCUT2D eigenvalue weighted by atomic mass is 16.6. The van der Waals surface area contributed by atoms with Crippen LogP contribution in [-0.2, 0) is 9.47 Å². The van der Waals surface area contributed by atoms with Crippen molar-refractivity contribution >= 4 is 0 Å². The zero-order valence-electron chi connectivity index (χ0n) is 17.0. The minimum absolute atomic E-state index is 0.375. The van der Waals surface area contributed by atoms with Gasteiger partial charge in [-0.1, -0.05) is 103 Å². The third-order valence-electron chi connectivity index (χ3n) is 5.10. The van der Waals surface area contributed by atoms with Crippen molar-refractivity contribution in [2.24, 2.45) is 0 Å². The average Bonchev–Trinajstić information content (AvgIpc) is 3.44. The molecular formula is C23H44O2. The van der Waals surface area contributed by atoms with Crippen molar-refractivity contribution in [2.75, 3.05) is 13.2 Å². The van der Waals surface area contributed by atoms with Gasteiger partial charge in [-0.25, -0.2) is 0 Å². The molecule has 0 radical (unpaired) electrons. The fourth-order valence-corrected chi connectivity index (χ4v) is 3.27. The van der Waals surface area contributed by atoms with Gasteiger partial charge in [-0.3, -0.25) is 0 Å². The SMILES string of the molecule is CCCCCCCCCCCCCCCCCCC=COCC1CO1. The Kier molecular flexibility index (Phi) is 16.5. The summed E-state index contributed by atoms with van der Waals surface area (Å²) in [5.41, 5.74) is 0. The molecule has 1 aliphatic rings. The predicted octanol–water partition coefficient (Wildman–Crippen LogP) is 7.57. The molecule has 2 heteroatoms. The molecule has 0 aromatic rings. The fourth-order valence-electron chi connectivity index (χ4n) is 3.27. The molecule has 1 atom stereocenters. The van der Waals surface area contributed by atoms with Crippen molar-refractivity contribution in [1.82, 2.24) is 0 Å². The van der Waals surface area contributed by atoms with Crippen LogP contribution in [0.1, 0.15) is 116 Å². The van der Waals surface area contributed by atoms with E-state index < -0.39 is 0 Å². The Morgan fingerprint density at radius 2 is 1.16 bits per heavy atom. The zero-order chi connectivity index (χ0) is 17.8. The molecule has 1 unspecified atom stereocenters. The Balaban J connectivity index is 1.62. The Labute approximate surface area is 157 Å². The highest BCUT2D eigenvalue weighted by Gasteiger charge is 2.22. The second-order valence-electron chi connectivity index (χ2n) is 7.75. The van der Waals surface area contributed by atoms with E-state index in [1.165, 1.54) is 103 Å². The van der Waals surface area contributed by atoms with Crippen molar-refractivity contribution < 1.29 is 9.47 Å². The molecule has 0 aromatic heterocycles. The van der Waals surface area contributed by atoms with Gasteiger partial charge in [-0.05, 0) is 18.9 Å². The molecule has 0 amide bonds. The van der Waals surface area contributed by atoms with Gasteiger partial charge < -0.3 is 9.47 Å². The lowest BCUT2D eigenvalue weighted by molar-refractivity contribution is 0.211. The maximum atomic E-state index is 5.38. The van der Waals surface area contributed by atoms with Crippen LogP contribution in [0, 0.1) is 0 Å². The standard InChI is InChI=1S/C23H44O2/c1-2-3-4-5-6-7-8-9-10-11-12-13-14-15-16-17-18-19-20-24-21-23-22-25-23/h19-20,23H,2-18,21-22H2,1H3. The maximum absolute atomic E-state index is 5.38. The highest BCUT2D eigenvalue weighted by molar-refractivity contribution is 4.75. The zero-order valence-corrected chi connectivity index (χ0v) is 17.0. The summed E-state index contributed by atoms with van der Waals surface area (Å²) < 4.78 is 10.5. The second-order valence-corrected chi connectivity index (χ2v) is 7.75. The minimum Gasteiger partial charge on any atom is -0.499 e. The summed E-state index contributed by atoms with van der Waals surface area (Å²) in [6.07, 6.45) is 28.5. The highest BCUT2D eigenvalue weighted by Crippen LogP contribution is 2.14. The molecule has 0 spiro atoms. The summed E-state index contributed by atoms with van der Waals surface area (Å²) in [4.78, 5) is 0. The number of allylic oxidation sites excluding steroid dienone is 1. The first-order chi connectivity index (χ1) is 12.4. The lowest BCUT2D eigenvalue weighted by atomic mass is 10.0. The molecule has 1 aliphatic heterocycles. The molecular weight excluding hydrogens is 308 g/mol. The van der Waals surface area contributed by atoms with Crippen LogP contribution in [0.25, 0.3) is 0 Å². The maximum Gasteiger partial charge on any atom is 0.116 e. The van der Waals surface area contributed by atoms with Gasteiger partial charge >= 0.3 is 0 Å².